The molecule has 136 valence electrons. The van der Waals surface area contributed by atoms with E-state index in [9.17, 15) is 9.59 Å². The van der Waals surface area contributed by atoms with Gasteiger partial charge in [-0.1, -0.05) is 12.1 Å². The summed E-state index contributed by atoms with van der Waals surface area (Å²) in [6, 6.07) is 7.73. The third-order valence-corrected chi connectivity index (χ3v) is 4.93. The number of rotatable bonds is 5. The molecule has 2 aliphatic heterocycles. The smallest absolute Gasteiger partial charge is 0.249 e. The van der Waals surface area contributed by atoms with Gasteiger partial charge >= 0.3 is 0 Å². The van der Waals surface area contributed by atoms with Crippen LogP contribution in [0.1, 0.15) is 31.2 Å². The van der Waals surface area contributed by atoms with Crippen molar-refractivity contribution >= 4 is 11.8 Å². The Bertz CT molecular complexity index is 588. The first-order valence-corrected chi connectivity index (χ1v) is 8.98. The lowest BCUT2D eigenvalue weighted by molar-refractivity contribution is -0.132. The summed E-state index contributed by atoms with van der Waals surface area (Å²) in [5, 5.41) is 3.07. The summed E-state index contributed by atoms with van der Waals surface area (Å²) < 4.78 is 10.5. The minimum absolute atomic E-state index is 0.000472. The van der Waals surface area contributed by atoms with E-state index >= 15 is 0 Å². The Labute approximate surface area is 148 Å². The molecule has 2 amide bonds. The van der Waals surface area contributed by atoms with E-state index in [1.165, 1.54) is 0 Å². The number of carbonyl (C=O) groups is 2. The number of amides is 2. The molecule has 0 aromatic heterocycles. The molecule has 0 bridgehead atoms. The maximum absolute atomic E-state index is 12.4. The van der Waals surface area contributed by atoms with E-state index in [-0.39, 0.29) is 24.0 Å². The highest BCUT2D eigenvalue weighted by atomic mass is 16.5. The quantitative estimate of drug-likeness (QED) is 0.878. The number of nitrogens with one attached hydrogen (secondary N) is 1. The molecule has 1 atom stereocenters. The molecule has 3 rings (SSSR count). The van der Waals surface area contributed by atoms with Crippen LogP contribution in [0.3, 0.4) is 0 Å². The molecule has 2 heterocycles. The van der Waals surface area contributed by atoms with Crippen LogP contribution >= 0.6 is 0 Å². The Hall–Kier alpha value is -2.08. The van der Waals surface area contributed by atoms with Gasteiger partial charge in [0, 0.05) is 25.7 Å². The van der Waals surface area contributed by atoms with E-state index in [4.69, 9.17) is 9.47 Å². The summed E-state index contributed by atoms with van der Waals surface area (Å²) >= 11 is 0. The molecule has 2 fully saturated rings. The first-order chi connectivity index (χ1) is 12.2. The van der Waals surface area contributed by atoms with Crippen molar-refractivity contribution in [2.75, 3.05) is 26.8 Å². The van der Waals surface area contributed by atoms with Crippen LogP contribution in [0.2, 0.25) is 0 Å². The molecule has 6 heteroatoms. The summed E-state index contributed by atoms with van der Waals surface area (Å²) in [4.78, 5) is 26.4. The Morgan fingerprint density at radius 1 is 1.20 bits per heavy atom. The number of carbonyl (C=O) groups excluding carboxylic acids is 2. The summed E-state index contributed by atoms with van der Waals surface area (Å²) in [7, 11) is 1.63. The minimum Gasteiger partial charge on any atom is -0.497 e. The van der Waals surface area contributed by atoms with Crippen LogP contribution in [0.4, 0.5) is 0 Å². The van der Waals surface area contributed by atoms with Gasteiger partial charge in [-0.15, -0.1) is 0 Å². The Balaban J connectivity index is 1.43. The zero-order valence-electron chi connectivity index (χ0n) is 14.7. The molecule has 25 heavy (non-hydrogen) atoms. The standard InChI is InChI=1S/C19H26N2O4/c1-24-16-6-4-14(5-7-16)13-18(22)21-10-8-15(9-11-21)20-19(23)17-3-2-12-25-17/h4-7,15,17H,2-3,8-13H2,1H3,(H,20,23). The minimum atomic E-state index is -0.283. The van der Waals surface area contributed by atoms with Crippen molar-refractivity contribution in [1.82, 2.24) is 10.2 Å². The third kappa shape index (κ3) is 4.72. The van der Waals surface area contributed by atoms with Crippen LogP contribution in [-0.4, -0.2) is 55.7 Å². The second kappa shape index (κ2) is 8.34. The summed E-state index contributed by atoms with van der Waals surface area (Å²) in [5.41, 5.74) is 0.986. The van der Waals surface area contributed by atoms with Gasteiger partial charge in [-0.05, 0) is 43.4 Å². The van der Waals surface area contributed by atoms with Crippen LogP contribution in [0, 0.1) is 0 Å². The largest absolute Gasteiger partial charge is 0.497 e. The number of hydrogen-bond donors (Lipinski definition) is 1. The summed E-state index contributed by atoms with van der Waals surface area (Å²) in [6.45, 7) is 2.05. The van der Waals surface area contributed by atoms with Gasteiger partial charge in [-0.2, -0.15) is 0 Å². The first kappa shape index (κ1) is 17.7. The second-order valence-corrected chi connectivity index (χ2v) is 6.69. The second-order valence-electron chi connectivity index (χ2n) is 6.69. The zero-order valence-corrected chi connectivity index (χ0v) is 14.7. The zero-order chi connectivity index (χ0) is 17.6. The van der Waals surface area contributed by atoms with Crippen molar-refractivity contribution in [2.45, 2.75) is 44.2 Å². The van der Waals surface area contributed by atoms with E-state index < -0.39 is 0 Å². The van der Waals surface area contributed by atoms with Crippen molar-refractivity contribution in [1.29, 1.82) is 0 Å². The number of likely N-dealkylation sites (tertiary alicyclic amines) is 1. The Morgan fingerprint density at radius 2 is 1.92 bits per heavy atom. The van der Waals surface area contributed by atoms with E-state index in [0.29, 0.717) is 26.1 Å². The van der Waals surface area contributed by atoms with Crippen LogP contribution < -0.4 is 10.1 Å². The molecule has 2 aliphatic rings. The average Bonchev–Trinajstić information content (AvgIpc) is 3.18. The monoisotopic (exact) mass is 346 g/mol. The normalized spacial score (nSPS) is 21.2. The lowest BCUT2D eigenvalue weighted by Gasteiger charge is -2.33. The van der Waals surface area contributed by atoms with E-state index in [1.807, 2.05) is 29.2 Å². The average molecular weight is 346 g/mol. The molecule has 1 unspecified atom stereocenters. The number of piperidine rings is 1. The molecule has 1 N–H and O–H groups in total. The maximum Gasteiger partial charge on any atom is 0.249 e. The van der Waals surface area contributed by atoms with Crippen LogP contribution in [-0.2, 0) is 20.7 Å². The maximum atomic E-state index is 12.4. The van der Waals surface area contributed by atoms with Gasteiger partial charge in [-0.25, -0.2) is 0 Å². The van der Waals surface area contributed by atoms with E-state index in [1.54, 1.807) is 7.11 Å². The highest BCUT2D eigenvalue weighted by Gasteiger charge is 2.28. The van der Waals surface area contributed by atoms with Crippen molar-refractivity contribution in [3.8, 4) is 5.75 Å². The fraction of sp³-hybridized carbons (Fsp3) is 0.579. The van der Waals surface area contributed by atoms with Crippen molar-refractivity contribution in [3.05, 3.63) is 29.8 Å². The molecule has 1 aromatic rings. The number of nitrogens with zero attached hydrogens (tertiary/aromatic N) is 1. The molecular weight excluding hydrogens is 320 g/mol. The van der Waals surface area contributed by atoms with Gasteiger partial charge in [0.25, 0.3) is 0 Å². The molecule has 0 radical (unpaired) electrons. The van der Waals surface area contributed by atoms with Crippen molar-refractivity contribution in [2.24, 2.45) is 0 Å². The highest BCUT2D eigenvalue weighted by Crippen LogP contribution is 2.17. The van der Waals surface area contributed by atoms with Gasteiger partial charge < -0.3 is 19.7 Å². The number of benzene rings is 1. The molecule has 2 saturated heterocycles. The Kier molecular flexibility index (Phi) is 5.91. The van der Waals surface area contributed by atoms with Crippen molar-refractivity contribution in [3.63, 3.8) is 0 Å². The summed E-state index contributed by atoms with van der Waals surface area (Å²) in [6.07, 6.45) is 3.48. The Morgan fingerprint density at radius 3 is 2.52 bits per heavy atom. The van der Waals surface area contributed by atoms with Gasteiger partial charge in [0.15, 0.2) is 0 Å². The number of methoxy groups -OCH3 is 1. The predicted molar refractivity (Wildman–Crippen MR) is 93.4 cm³/mol. The van der Waals surface area contributed by atoms with Crippen LogP contribution in [0.5, 0.6) is 5.75 Å². The number of ether oxygens (including phenoxy) is 2. The molecule has 6 nitrogen and oxygen atoms in total. The van der Waals surface area contributed by atoms with E-state index in [0.717, 1.165) is 37.0 Å². The fourth-order valence-corrected chi connectivity index (χ4v) is 3.38. The van der Waals surface area contributed by atoms with Crippen LogP contribution in [0.25, 0.3) is 0 Å². The third-order valence-electron chi connectivity index (χ3n) is 4.93. The number of hydrogen-bond acceptors (Lipinski definition) is 4. The molecular formula is C19H26N2O4. The molecule has 0 saturated carbocycles. The molecule has 1 aromatic carbocycles. The topological polar surface area (TPSA) is 67.9 Å². The lowest BCUT2D eigenvalue weighted by Crippen LogP contribution is -2.49. The first-order valence-electron chi connectivity index (χ1n) is 8.98. The fourth-order valence-electron chi connectivity index (χ4n) is 3.38. The highest BCUT2D eigenvalue weighted by molar-refractivity contribution is 5.81. The van der Waals surface area contributed by atoms with Gasteiger partial charge in [0.05, 0.1) is 13.5 Å². The van der Waals surface area contributed by atoms with Gasteiger partial charge in [0.2, 0.25) is 11.8 Å². The molecule has 0 spiro atoms. The van der Waals surface area contributed by atoms with Crippen LogP contribution in [0.15, 0.2) is 24.3 Å². The molecule has 0 aliphatic carbocycles. The van der Waals surface area contributed by atoms with Gasteiger partial charge in [-0.3, -0.25) is 9.59 Å². The predicted octanol–water partition coefficient (Wildman–Crippen LogP) is 1.52. The van der Waals surface area contributed by atoms with Gasteiger partial charge in [0.1, 0.15) is 11.9 Å². The van der Waals surface area contributed by atoms with Crippen molar-refractivity contribution < 1.29 is 19.1 Å². The van der Waals surface area contributed by atoms with E-state index in [2.05, 4.69) is 5.32 Å². The lowest BCUT2D eigenvalue weighted by atomic mass is 10.0. The summed E-state index contributed by atoms with van der Waals surface area (Å²) in [5.74, 6) is 0.925. The SMILES string of the molecule is COc1ccc(CC(=O)N2CCC(NC(=O)C3CCCO3)CC2)cc1.